The Hall–Kier alpha value is -2.16. The predicted molar refractivity (Wildman–Crippen MR) is 88.0 cm³/mol. The monoisotopic (exact) mass is 294 g/mol. The number of aryl methyl sites for hydroxylation is 3. The van der Waals surface area contributed by atoms with Crippen molar-refractivity contribution in [3.05, 3.63) is 64.5 Å². The summed E-state index contributed by atoms with van der Waals surface area (Å²) in [6.45, 7) is 3.83. The van der Waals surface area contributed by atoms with Gasteiger partial charge < -0.3 is 5.32 Å². The fourth-order valence-electron chi connectivity index (χ4n) is 3.22. The highest BCUT2D eigenvalue weighted by molar-refractivity contribution is 5.95. The lowest BCUT2D eigenvalue weighted by atomic mass is 10.0. The van der Waals surface area contributed by atoms with E-state index >= 15 is 0 Å². The number of benzene rings is 1. The SMILES string of the molecule is Cc1ccc(C(=O)NC2CCCc3ccccc3C2)c(C)n1. The molecule has 1 amide bonds. The fraction of sp³-hybridized carbons (Fsp3) is 0.368. The standard InChI is InChI=1S/C19H22N2O/c1-13-10-11-18(14(2)20-13)19(22)21-17-9-5-8-15-6-3-4-7-16(15)12-17/h3-4,6-7,10-11,17H,5,8-9,12H2,1-2H3,(H,21,22). The molecule has 1 atom stereocenters. The maximum atomic E-state index is 12.5. The number of nitrogens with one attached hydrogen (secondary N) is 1. The molecular formula is C19H22N2O. The van der Waals surface area contributed by atoms with Gasteiger partial charge in [-0.3, -0.25) is 9.78 Å². The molecule has 3 rings (SSSR count). The molecule has 0 saturated carbocycles. The molecule has 1 aromatic carbocycles. The minimum absolute atomic E-state index is 0.00520. The van der Waals surface area contributed by atoms with Crippen molar-refractivity contribution in [2.45, 2.75) is 45.6 Å². The van der Waals surface area contributed by atoms with Crippen LogP contribution in [0.2, 0.25) is 0 Å². The first-order valence-electron chi connectivity index (χ1n) is 7.95. The molecule has 22 heavy (non-hydrogen) atoms. The average Bonchev–Trinajstić information content (AvgIpc) is 2.68. The van der Waals surface area contributed by atoms with E-state index < -0.39 is 0 Å². The summed E-state index contributed by atoms with van der Waals surface area (Å²) < 4.78 is 0. The van der Waals surface area contributed by atoms with Crippen LogP contribution in [0.3, 0.4) is 0 Å². The molecule has 0 fully saturated rings. The summed E-state index contributed by atoms with van der Waals surface area (Å²) in [6.07, 6.45) is 4.17. The van der Waals surface area contributed by atoms with Gasteiger partial charge in [-0.1, -0.05) is 24.3 Å². The zero-order valence-corrected chi connectivity index (χ0v) is 13.2. The van der Waals surface area contributed by atoms with Crippen LogP contribution in [0.5, 0.6) is 0 Å². The number of pyridine rings is 1. The number of hydrogen-bond donors (Lipinski definition) is 1. The second-order valence-corrected chi connectivity index (χ2v) is 6.12. The molecule has 114 valence electrons. The van der Waals surface area contributed by atoms with Crippen molar-refractivity contribution in [3.63, 3.8) is 0 Å². The third-order valence-corrected chi connectivity index (χ3v) is 4.39. The maximum absolute atomic E-state index is 12.5. The summed E-state index contributed by atoms with van der Waals surface area (Å²) in [5.74, 6) is -0.00520. The lowest BCUT2D eigenvalue weighted by Gasteiger charge is -2.17. The minimum atomic E-state index is -0.00520. The minimum Gasteiger partial charge on any atom is -0.349 e. The number of aromatic nitrogens is 1. The Morgan fingerprint density at radius 2 is 1.91 bits per heavy atom. The number of hydrogen-bond acceptors (Lipinski definition) is 2. The van der Waals surface area contributed by atoms with Gasteiger partial charge in [0, 0.05) is 11.7 Å². The molecule has 1 aliphatic rings. The van der Waals surface area contributed by atoms with Crippen LogP contribution < -0.4 is 5.32 Å². The fourth-order valence-corrected chi connectivity index (χ4v) is 3.22. The Kier molecular flexibility index (Phi) is 4.23. The Bertz CT molecular complexity index is 694. The van der Waals surface area contributed by atoms with Crippen LogP contribution in [0.15, 0.2) is 36.4 Å². The van der Waals surface area contributed by atoms with Crippen LogP contribution in [-0.2, 0) is 12.8 Å². The number of amides is 1. The largest absolute Gasteiger partial charge is 0.349 e. The van der Waals surface area contributed by atoms with E-state index in [1.165, 1.54) is 11.1 Å². The van der Waals surface area contributed by atoms with Gasteiger partial charge >= 0.3 is 0 Å². The van der Waals surface area contributed by atoms with Gasteiger partial charge in [0.15, 0.2) is 0 Å². The number of rotatable bonds is 2. The number of carbonyl (C=O) groups excluding carboxylic acids is 1. The van der Waals surface area contributed by atoms with Crippen LogP contribution in [0.1, 0.15) is 45.7 Å². The first kappa shape index (κ1) is 14.8. The second-order valence-electron chi connectivity index (χ2n) is 6.12. The van der Waals surface area contributed by atoms with E-state index in [2.05, 4.69) is 34.6 Å². The highest BCUT2D eigenvalue weighted by Gasteiger charge is 2.19. The van der Waals surface area contributed by atoms with Gasteiger partial charge in [-0.25, -0.2) is 0 Å². The summed E-state index contributed by atoms with van der Waals surface area (Å²) in [7, 11) is 0. The molecule has 1 N–H and O–H groups in total. The van der Waals surface area contributed by atoms with Gasteiger partial charge in [0.1, 0.15) is 0 Å². The van der Waals surface area contributed by atoms with Crippen molar-refractivity contribution in [3.8, 4) is 0 Å². The molecule has 0 aliphatic heterocycles. The Morgan fingerprint density at radius 1 is 1.14 bits per heavy atom. The quantitative estimate of drug-likeness (QED) is 0.863. The summed E-state index contributed by atoms with van der Waals surface area (Å²) in [4.78, 5) is 16.9. The molecule has 1 unspecified atom stereocenters. The molecule has 1 heterocycles. The van der Waals surface area contributed by atoms with Crippen molar-refractivity contribution in [1.82, 2.24) is 10.3 Å². The van der Waals surface area contributed by atoms with E-state index in [0.29, 0.717) is 5.56 Å². The van der Waals surface area contributed by atoms with E-state index in [9.17, 15) is 4.79 Å². The highest BCUT2D eigenvalue weighted by atomic mass is 16.1. The Morgan fingerprint density at radius 3 is 2.68 bits per heavy atom. The Balaban J connectivity index is 1.74. The van der Waals surface area contributed by atoms with Gasteiger partial charge in [-0.05, 0) is 62.8 Å². The second kappa shape index (κ2) is 6.30. The smallest absolute Gasteiger partial charge is 0.253 e. The summed E-state index contributed by atoms with van der Waals surface area (Å²) in [5, 5.41) is 3.20. The molecular weight excluding hydrogens is 272 g/mol. The highest BCUT2D eigenvalue weighted by Crippen LogP contribution is 2.21. The van der Waals surface area contributed by atoms with Crippen LogP contribution in [0.4, 0.5) is 0 Å². The van der Waals surface area contributed by atoms with E-state index in [4.69, 9.17) is 0 Å². The van der Waals surface area contributed by atoms with Crippen LogP contribution in [-0.4, -0.2) is 16.9 Å². The first-order valence-corrected chi connectivity index (χ1v) is 7.95. The lowest BCUT2D eigenvalue weighted by molar-refractivity contribution is 0.0934. The van der Waals surface area contributed by atoms with Gasteiger partial charge in [-0.2, -0.15) is 0 Å². The average molecular weight is 294 g/mol. The zero-order chi connectivity index (χ0) is 15.5. The van der Waals surface area contributed by atoms with Crippen LogP contribution in [0.25, 0.3) is 0 Å². The molecule has 1 aliphatic carbocycles. The summed E-state index contributed by atoms with van der Waals surface area (Å²) in [6, 6.07) is 12.5. The van der Waals surface area contributed by atoms with Crippen molar-refractivity contribution < 1.29 is 4.79 Å². The van der Waals surface area contributed by atoms with E-state index in [1.54, 1.807) is 0 Å². The van der Waals surface area contributed by atoms with Crippen molar-refractivity contribution in [1.29, 1.82) is 0 Å². The topological polar surface area (TPSA) is 42.0 Å². The third kappa shape index (κ3) is 3.19. The summed E-state index contributed by atoms with van der Waals surface area (Å²) >= 11 is 0. The van der Waals surface area contributed by atoms with Crippen molar-refractivity contribution in [2.75, 3.05) is 0 Å². The molecule has 1 aromatic heterocycles. The normalized spacial score (nSPS) is 17.5. The molecule has 0 saturated heterocycles. The van der Waals surface area contributed by atoms with Gasteiger partial charge in [0.25, 0.3) is 5.91 Å². The van der Waals surface area contributed by atoms with Crippen molar-refractivity contribution in [2.24, 2.45) is 0 Å². The molecule has 0 radical (unpaired) electrons. The molecule has 2 aromatic rings. The molecule has 0 spiro atoms. The number of nitrogens with zero attached hydrogens (tertiary/aromatic N) is 1. The van der Waals surface area contributed by atoms with E-state index in [1.807, 2.05) is 26.0 Å². The van der Waals surface area contributed by atoms with E-state index in [-0.39, 0.29) is 11.9 Å². The predicted octanol–water partition coefficient (Wildman–Crippen LogP) is 3.38. The van der Waals surface area contributed by atoms with Gasteiger partial charge in [0.05, 0.1) is 11.3 Å². The number of carbonyl (C=O) groups is 1. The molecule has 0 bridgehead atoms. The van der Waals surface area contributed by atoms with Gasteiger partial charge in [-0.15, -0.1) is 0 Å². The van der Waals surface area contributed by atoms with Crippen molar-refractivity contribution >= 4 is 5.91 Å². The summed E-state index contributed by atoms with van der Waals surface area (Å²) in [5.41, 5.74) is 5.21. The first-order chi connectivity index (χ1) is 10.6. The van der Waals surface area contributed by atoms with Gasteiger partial charge in [0.2, 0.25) is 0 Å². The molecule has 3 nitrogen and oxygen atoms in total. The van der Waals surface area contributed by atoms with Crippen LogP contribution in [0, 0.1) is 13.8 Å². The lowest BCUT2D eigenvalue weighted by Crippen LogP contribution is -2.36. The number of fused-ring (bicyclic) bond motifs is 1. The molecule has 3 heteroatoms. The zero-order valence-electron chi connectivity index (χ0n) is 13.2. The third-order valence-electron chi connectivity index (χ3n) is 4.39. The van der Waals surface area contributed by atoms with E-state index in [0.717, 1.165) is 37.1 Å². The Labute approximate surface area is 131 Å². The maximum Gasteiger partial charge on any atom is 0.253 e. The van der Waals surface area contributed by atoms with Crippen LogP contribution >= 0.6 is 0 Å².